The molecule has 0 saturated carbocycles. The van der Waals surface area contributed by atoms with Gasteiger partial charge >= 0.3 is 11.9 Å². The lowest BCUT2D eigenvalue weighted by atomic mass is 10.1. The van der Waals surface area contributed by atoms with E-state index in [0.29, 0.717) is 5.56 Å². The van der Waals surface area contributed by atoms with Gasteiger partial charge in [0, 0.05) is 5.56 Å². The Hall–Kier alpha value is -2.05. The fourth-order valence-corrected chi connectivity index (χ4v) is 1.13. The summed E-state index contributed by atoms with van der Waals surface area (Å²) < 4.78 is 4.32. The van der Waals surface area contributed by atoms with Crippen LogP contribution in [0.5, 0.6) is 0 Å². The van der Waals surface area contributed by atoms with Crippen molar-refractivity contribution in [2.75, 3.05) is 6.61 Å². The second-order valence-corrected chi connectivity index (χ2v) is 3.54. The van der Waals surface area contributed by atoms with E-state index in [4.69, 9.17) is 10.2 Å². The molecule has 1 atom stereocenters. The summed E-state index contributed by atoms with van der Waals surface area (Å²) in [5.74, 6) is -2.33. The van der Waals surface area contributed by atoms with Crippen LogP contribution < -0.4 is 0 Å². The van der Waals surface area contributed by atoms with Crippen LogP contribution in [0, 0.1) is 0 Å². The van der Waals surface area contributed by atoms with Gasteiger partial charge in [-0.2, -0.15) is 0 Å². The lowest BCUT2D eigenvalue weighted by Gasteiger charge is -2.06. The van der Waals surface area contributed by atoms with Gasteiger partial charge in [0.2, 0.25) is 0 Å². The first-order valence-corrected chi connectivity index (χ1v) is 5.11. The van der Waals surface area contributed by atoms with Gasteiger partial charge in [0.15, 0.2) is 11.9 Å². The molecule has 1 aromatic carbocycles. The number of aliphatic hydroxyl groups is 2. The zero-order valence-corrected chi connectivity index (χ0v) is 9.62. The van der Waals surface area contributed by atoms with Crippen LogP contribution in [0.25, 0.3) is 0 Å². The van der Waals surface area contributed by atoms with E-state index in [1.54, 1.807) is 0 Å². The molecule has 0 aliphatic carbocycles. The van der Waals surface area contributed by atoms with E-state index in [1.165, 1.54) is 31.2 Å². The van der Waals surface area contributed by atoms with Crippen molar-refractivity contribution >= 4 is 17.7 Å². The number of hydrogen-bond acceptors (Lipinski definition) is 6. The summed E-state index contributed by atoms with van der Waals surface area (Å²) in [6, 6.07) is 5.51. The largest absolute Gasteiger partial charge is 0.393 e. The third-order valence-electron chi connectivity index (χ3n) is 2.17. The Morgan fingerprint density at radius 2 is 1.67 bits per heavy atom. The highest BCUT2D eigenvalue weighted by molar-refractivity contribution is 5.99. The zero-order valence-electron chi connectivity index (χ0n) is 9.62. The maximum Gasteiger partial charge on any atom is 0.345 e. The Labute approximate surface area is 103 Å². The molecule has 0 amide bonds. The lowest BCUT2D eigenvalue weighted by molar-refractivity contribution is -0.149. The van der Waals surface area contributed by atoms with E-state index >= 15 is 0 Å². The second kappa shape index (κ2) is 6.04. The Bertz CT molecular complexity index is 462. The van der Waals surface area contributed by atoms with Crippen LogP contribution in [0.2, 0.25) is 0 Å². The first-order valence-electron chi connectivity index (χ1n) is 5.11. The molecule has 1 unspecified atom stereocenters. The average molecular weight is 252 g/mol. The molecule has 0 heterocycles. The van der Waals surface area contributed by atoms with E-state index in [1.807, 2.05) is 0 Å². The maximum absolute atomic E-state index is 11.4. The van der Waals surface area contributed by atoms with Crippen molar-refractivity contribution in [1.82, 2.24) is 0 Å². The molecule has 0 fully saturated rings. The number of carbonyl (C=O) groups is 3. The molecule has 18 heavy (non-hydrogen) atoms. The highest BCUT2D eigenvalue weighted by Gasteiger charge is 2.20. The smallest absolute Gasteiger partial charge is 0.345 e. The fourth-order valence-electron chi connectivity index (χ4n) is 1.13. The quantitative estimate of drug-likeness (QED) is 0.442. The summed E-state index contributed by atoms with van der Waals surface area (Å²) in [4.78, 5) is 33.5. The molecule has 2 N–H and O–H groups in total. The maximum atomic E-state index is 11.4. The van der Waals surface area contributed by atoms with Gasteiger partial charge in [0.1, 0.15) is 0 Å². The topological polar surface area (TPSA) is 101 Å². The standard InChI is InChI=1S/C12H12O6/c1-7(14)8-2-4-9(5-3-8)11(16)18-12(17)10(15)6-13/h2-5,10,13,15H,6H2,1H3. The fraction of sp³-hybridized carbons (Fsp3) is 0.250. The molecule has 6 heteroatoms. The highest BCUT2D eigenvalue weighted by Crippen LogP contribution is 2.07. The number of rotatable bonds is 4. The molecular weight excluding hydrogens is 240 g/mol. The summed E-state index contributed by atoms with van der Waals surface area (Å²) in [5, 5.41) is 17.4. The number of ether oxygens (including phenoxy) is 1. The third kappa shape index (κ3) is 3.47. The van der Waals surface area contributed by atoms with E-state index < -0.39 is 24.6 Å². The molecule has 0 spiro atoms. The van der Waals surface area contributed by atoms with Gasteiger partial charge in [-0.05, 0) is 19.1 Å². The number of aliphatic hydroxyl groups excluding tert-OH is 2. The third-order valence-corrected chi connectivity index (χ3v) is 2.17. The van der Waals surface area contributed by atoms with Crippen molar-refractivity contribution in [1.29, 1.82) is 0 Å². The Balaban J connectivity index is 2.73. The predicted octanol–water partition coefficient (Wildman–Crippen LogP) is -0.0742. The van der Waals surface area contributed by atoms with Crippen molar-refractivity contribution in [2.24, 2.45) is 0 Å². The van der Waals surface area contributed by atoms with E-state index in [0.717, 1.165) is 0 Å². The van der Waals surface area contributed by atoms with Gasteiger partial charge in [0.05, 0.1) is 12.2 Å². The summed E-state index contributed by atoms with van der Waals surface area (Å²) in [6.45, 7) is 0.559. The average Bonchev–Trinajstić information content (AvgIpc) is 2.37. The minimum Gasteiger partial charge on any atom is -0.393 e. The summed E-state index contributed by atoms with van der Waals surface area (Å²) in [6.07, 6.45) is -1.74. The Morgan fingerprint density at radius 3 is 2.11 bits per heavy atom. The molecule has 6 nitrogen and oxygen atoms in total. The number of ketones is 1. The minimum atomic E-state index is -1.74. The molecule has 0 aliphatic rings. The van der Waals surface area contributed by atoms with Crippen molar-refractivity contribution in [3.05, 3.63) is 35.4 Å². The van der Waals surface area contributed by atoms with Crippen molar-refractivity contribution < 1.29 is 29.3 Å². The van der Waals surface area contributed by atoms with Gasteiger partial charge in [-0.1, -0.05) is 12.1 Å². The monoisotopic (exact) mass is 252 g/mol. The van der Waals surface area contributed by atoms with Gasteiger partial charge in [-0.25, -0.2) is 9.59 Å². The van der Waals surface area contributed by atoms with Gasteiger partial charge in [0.25, 0.3) is 0 Å². The van der Waals surface area contributed by atoms with Crippen LogP contribution in [-0.2, 0) is 9.53 Å². The van der Waals surface area contributed by atoms with Crippen LogP contribution in [0.15, 0.2) is 24.3 Å². The molecule has 0 bridgehead atoms. The minimum absolute atomic E-state index is 0.0680. The first-order chi connectivity index (χ1) is 8.45. The van der Waals surface area contributed by atoms with Crippen LogP contribution in [-0.4, -0.2) is 40.6 Å². The lowest BCUT2D eigenvalue weighted by Crippen LogP contribution is -2.28. The van der Waals surface area contributed by atoms with Gasteiger partial charge < -0.3 is 14.9 Å². The van der Waals surface area contributed by atoms with Crippen molar-refractivity contribution in [2.45, 2.75) is 13.0 Å². The molecule has 0 aliphatic heterocycles. The number of Topliss-reactive ketones (excluding diaryl/α,β-unsaturated/α-hetero) is 1. The van der Waals surface area contributed by atoms with Crippen LogP contribution in [0.4, 0.5) is 0 Å². The normalized spacial score (nSPS) is 11.7. The number of hydrogen-bond donors (Lipinski definition) is 2. The molecular formula is C12H12O6. The first kappa shape index (κ1) is 14.0. The summed E-state index contributed by atoms with van der Waals surface area (Å²) >= 11 is 0. The number of benzene rings is 1. The van der Waals surface area contributed by atoms with E-state index in [9.17, 15) is 14.4 Å². The molecule has 0 aromatic heterocycles. The van der Waals surface area contributed by atoms with Crippen molar-refractivity contribution in [3.8, 4) is 0 Å². The number of carbonyl (C=O) groups excluding carboxylic acids is 3. The van der Waals surface area contributed by atoms with Crippen LogP contribution >= 0.6 is 0 Å². The van der Waals surface area contributed by atoms with Gasteiger partial charge in [-0.15, -0.1) is 0 Å². The zero-order chi connectivity index (χ0) is 13.7. The SMILES string of the molecule is CC(=O)c1ccc(C(=O)OC(=O)C(O)CO)cc1. The molecule has 1 aromatic rings. The predicted molar refractivity (Wildman–Crippen MR) is 60.0 cm³/mol. The van der Waals surface area contributed by atoms with Crippen LogP contribution in [0.3, 0.4) is 0 Å². The highest BCUT2D eigenvalue weighted by atomic mass is 16.6. The summed E-state index contributed by atoms with van der Waals surface area (Å²) in [5.41, 5.74) is 0.492. The van der Waals surface area contributed by atoms with E-state index in [2.05, 4.69) is 4.74 Å². The van der Waals surface area contributed by atoms with Crippen LogP contribution in [0.1, 0.15) is 27.6 Å². The Morgan fingerprint density at radius 1 is 1.17 bits per heavy atom. The van der Waals surface area contributed by atoms with Gasteiger partial charge in [-0.3, -0.25) is 4.79 Å². The van der Waals surface area contributed by atoms with Crippen molar-refractivity contribution in [3.63, 3.8) is 0 Å². The molecule has 0 saturated heterocycles. The Kier molecular flexibility index (Phi) is 4.70. The molecule has 96 valence electrons. The summed E-state index contributed by atoms with van der Waals surface area (Å²) in [7, 11) is 0. The second-order valence-electron chi connectivity index (χ2n) is 3.54. The number of esters is 2. The van der Waals surface area contributed by atoms with E-state index in [-0.39, 0.29) is 11.3 Å². The molecule has 1 rings (SSSR count). The molecule has 0 radical (unpaired) electrons.